The van der Waals surface area contributed by atoms with Crippen molar-refractivity contribution in [1.29, 1.82) is 0 Å². The predicted molar refractivity (Wildman–Crippen MR) is 131 cm³/mol. The van der Waals surface area contributed by atoms with Crippen LogP contribution < -0.4 is 22.5 Å². The summed E-state index contributed by atoms with van der Waals surface area (Å²) in [4.78, 5) is 63.6. The molecule has 1 aromatic heterocycles. The van der Waals surface area contributed by atoms with Crippen LogP contribution in [-0.2, 0) is 34.3 Å². The standard InChI is InChI=1S/C18H25N9O9S2/c1-18(2,15(31)32)36-25-10(8-6-37-17(21)23-8)12(28)24-11-9(27(14(11)30)38(33,34)35)5-26-4-3-7(13(26)29)22-16(19)20/h6-7,9,11H,3-5H2,1-2H3,(H2,21,23)(H,24,28)(H,31,32)(H4,19,20,22)(H,33,34,35)/b25-10+/t7-,9+,11-/m0/s1. The van der Waals surface area contributed by atoms with E-state index < -0.39 is 70.0 Å². The molecule has 0 bridgehead atoms. The summed E-state index contributed by atoms with van der Waals surface area (Å²) in [7, 11) is -5.05. The smallest absolute Gasteiger partial charge is 0.362 e. The highest BCUT2D eigenvalue weighted by molar-refractivity contribution is 7.84. The number of nitrogens with zero attached hydrogens (tertiary/aromatic N) is 5. The minimum absolute atomic E-state index is 0.0380. The number of thiazole rings is 1. The second-order valence-electron chi connectivity index (χ2n) is 8.69. The van der Waals surface area contributed by atoms with Crippen LogP contribution in [0.5, 0.6) is 0 Å². The van der Waals surface area contributed by atoms with Crippen molar-refractivity contribution in [3.05, 3.63) is 11.1 Å². The Morgan fingerprint density at radius 1 is 1.32 bits per heavy atom. The molecule has 0 unspecified atom stereocenters. The van der Waals surface area contributed by atoms with Crippen molar-refractivity contribution < 1.29 is 42.1 Å². The number of aliphatic carboxylic acids is 1. The van der Waals surface area contributed by atoms with E-state index in [9.17, 15) is 37.3 Å². The molecule has 2 aliphatic rings. The number of carboxylic acids is 1. The first-order valence-electron chi connectivity index (χ1n) is 10.7. The zero-order valence-corrected chi connectivity index (χ0v) is 21.6. The van der Waals surface area contributed by atoms with Gasteiger partial charge in [-0.15, -0.1) is 11.3 Å². The second kappa shape index (κ2) is 10.4. The number of guanidine groups is 1. The summed E-state index contributed by atoms with van der Waals surface area (Å²) in [6.45, 7) is 2.04. The third kappa shape index (κ3) is 5.92. The number of likely N-dealkylation sites (tertiary alicyclic amines) is 1. The lowest BCUT2D eigenvalue weighted by Gasteiger charge is -2.45. The molecular weight excluding hydrogens is 550 g/mol. The summed E-state index contributed by atoms with van der Waals surface area (Å²) in [5.41, 5.74) is 13.7. The summed E-state index contributed by atoms with van der Waals surface area (Å²) in [6, 6.07) is -3.85. The average Bonchev–Trinajstić information content (AvgIpc) is 3.36. The Balaban J connectivity index is 1.86. The summed E-state index contributed by atoms with van der Waals surface area (Å²) in [6.07, 6.45) is 0.207. The molecule has 208 valence electrons. The van der Waals surface area contributed by atoms with Crippen molar-refractivity contribution in [2.45, 2.75) is 44.0 Å². The molecule has 20 heteroatoms. The molecule has 3 rings (SSSR count). The van der Waals surface area contributed by atoms with E-state index in [2.05, 4.69) is 20.4 Å². The molecule has 0 radical (unpaired) electrons. The number of rotatable bonds is 10. The van der Waals surface area contributed by atoms with E-state index in [-0.39, 0.29) is 34.1 Å². The molecule has 18 nitrogen and oxygen atoms in total. The van der Waals surface area contributed by atoms with E-state index in [4.69, 9.17) is 22.0 Å². The molecule has 0 aromatic carbocycles. The first kappa shape index (κ1) is 28.5. The van der Waals surface area contributed by atoms with Gasteiger partial charge in [-0.05, 0) is 20.3 Å². The van der Waals surface area contributed by atoms with Gasteiger partial charge < -0.3 is 37.4 Å². The van der Waals surface area contributed by atoms with Gasteiger partial charge in [-0.25, -0.2) is 19.1 Å². The van der Waals surface area contributed by atoms with E-state index in [1.165, 1.54) is 24.1 Å². The van der Waals surface area contributed by atoms with E-state index in [1.807, 2.05) is 0 Å². The molecule has 2 fully saturated rings. The monoisotopic (exact) mass is 575 g/mol. The van der Waals surface area contributed by atoms with Gasteiger partial charge in [0.15, 0.2) is 16.8 Å². The van der Waals surface area contributed by atoms with Crippen molar-refractivity contribution in [3.8, 4) is 0 Å². The Labute approximate surface area is 219 Å². The van der Waals surface area contributed by atoms with Gasteiger partial charge in [0.25, 0.3) is 11.8 Å². The van der Waals surface area contributed by atoms with E-state index >= 15 is 0 Å². The van der Waals surface area contributed by atoms with E-state index in [0.29, 0.717) is 0 Å². The van der Waals surface area contributed by atoms with Crippen LogP contribution in [0.4, 0.5) is 5.13 Å². The van der Waals surface area contributed by atoms with E-state index in [0.717, 1.165) is 11.3 Å². The number of nitrogen functional groups attached to an aromatic ring is 1. The number of nitrogens with two attached hydrogens (primary N) is 3. The lowest BCUT2D eigenvalue weighted by atomic mass is 9.97. The number of anilines is 1. The highest BCUT2D eigenvalue weighted by Crippen LogP contribution is 2.27. The van der Waals surface area contributed by atoms with Crippen LogP contribution >= 0.6 is 11.3 Å². The number of aliphatic imine (C=N–C) groups is 1. The zero-order chi connectivity index (χ0) is 28.6. The van der Waals surface area contributed by atoms with Crippen LogP contribution in [0, 0.1) is 0 Å². The third-order valence-corrected chi connectivity index (χ3v) is 7.17. The summed E-state index contributed by atoms with van der Waals surface area (Å²) in [5.74, 6) is -4.56. The van der Waals surface area contributed by atoms with Crippen molar-refractivity contribution >= 4 is 62.1 Å². The maximum Gasteiger partial charge on any atom is 0.362 e. The fraction of sp³-hybridized carbons (Fsp3) is 0.500. The number of hydrogen-bond acceptors (Lipinski definition) is 12. The molecule has 0 spiro atoms. The Morgan fingerprint density at radius 3 is 2.50 bits per heavy atom. The Kier molecular flexibility index (Phi) is 7.79. The molecule has 2 aliphatic heterocycles. The van der Waals surface area contributed by atoms with Gasteiger partial charge in [0, 0.05) is 18.5 Å². The minimum Gasteiger partial charge on any atom is -0.478 e. The fourth-order valence-corrected chi connectivity index (χ4v) is 5.00. The third-order valence-electron chi connectivity index (χ3n) is 5.55. The minimum atomic E-state index is -5.05. The van der Waals surface area contributed by atoms with Crippen LogP contribution in [0.25, 0.3) is 0 Å². The Bertz CT molecular complexity index is 1320. The SMILES string of the molecule is CC(C)(O/N=C(/C(=O)N[C@@H]1C(=O)N(S(=O)(=O)O)[C@@H]1CN1CC[C@H](N=C(N)N)C1=O)c1csc(N)n1)C(=O)O. The molecule has 9 N–H and O–H groups in total. The number of β-lactam (4-membered cyclic amide) rings is 1. The number of oxime groups is 1. The highest BCUT2D eigenvalue weighted by atomic mass is 32.2. The van der Waals surface area contributed by atoms with Crippen LogP contribution in [0.2, 0.25) is 0 Å². The molecular formula is C18H25N9O9S2. The summed E-state index contributed by atoms with van der Waals surface area (Å²) < 4.78 is 33.3. The van der Waals surface area contributed by atoms with Crippen molar-refractivity contribution in [3.63, 3.8) is 0 Å². The number of amides is 3. The molecule has 1 aromatic rings. The molecule has 3 amide bonds. The summed E-state index contributed by atoms with van der Waals surface area (Å²) in [5, 5.41) is 16.5. The van der Waals surface area contributed by atoms with Gasteiger partial charge in [0.05, 0.1) is 6.04 Å². The van der Waals surface area contributed by atoms with E-state index in [1.54, 1.807) is 0 Å². The van der Waals surface area contributed by atoms with Crippen LogP contribution in [0.15, 0.2) is 15.5 Å². The van der Waals surface area contributed by atoms with Gasteiger partial charge in [0.2, 0.25) is 11.5 Å². The van der Waals surface area contributed by atoms with Crippen LogP contribution in [-0.4, -0.2) is 104 Å². The normalized spacial score (nSPS) is 22.2. The molecule has 3 heterocycles. The molecule has 0 saturated carbocycles. The maximum atomic E-state index is 13.1. The number of hydrogen-bond donors (Lipinski definition) is 6. The molecule has 0 aliphatic carbocycles. The first-order valence-corrected chi connectivity index (χ1v) is 13.0. The number of carbonyl (C=O) groups is 4. The molecule has 2 saturated heterocycles. The van der Waals surface area contributed by atoms with Crippen molar-refractivity contribution in [2.24, 2.45) is 21.6 Å². The topological polar surface area (TPSA) is 286 Å². The van der Waals surface area contributed by atoms with Gasteiger partial charge >= 0.3 is 16.3 Å². The van der Waals surface area contributed by atoms with Gasteiger partial charge in [-0.1, -0.05) is 5.16 Å². The second-order valence-corrected chi connectivity index (χ2v) is 10.9. The molecule has 38 heavy (non-hydrogen) atoms. The Morgan fingerprint density at radius 2 is 1.97 bits per heavy atom. The largest absolute Gasteiger partial charge is 0.478 e. The Hall–Kier alpha value is -4.04. The number of carbonyl (C=O) groups excluding carboxylic acids is 3. The van der Waals surface area contributed by atoms with Gasteiger partial charge in [-0.3, -0.25) is 18.9 Å². The lowest BCUT2D eigenvalue weighted by Crippen LogP contribution is -2.74. The number of carboxylic acid groups (broad SMARTS) is 1. The number of aromatic nitrogens is 1. The van der Waals surface area contributed by atoms with Crippen molar-refractivity contribution in [2.75, 3.05) is 18.8 Å². The lowest BCUT2D eigenvalue weighted by molar-refractivity contribution is -0.161. The van der Waals surface area contributed by atoms with Gasteiger partial charge in [0.1, 0.15) is 17.8 Å². The van der Waals surface area contributed by atoms with Crippen molar-refractivity contribution in [1.82, 2.24) is 19.5 Å². The maximum absolute atomic E-state index is 13.1. The highest BCUT2D eigenvalue weighted by Gasteiger charge is 2.55. The quantitative estimate of drug-likeness (QED) is 0.0524. The zero-order valence-electron chi connectivity index (χ0n) is 20.0. The number of nitrogens with one attached hydrogen (secondary N) is 1. The fourth-order valence-electron chi connectivity index (χ4n) is 3.58. The first-order chi connectivity index (χ1) is 17.5. The average molecular weight is 576 g/mol. The van der Waals surface area contributed by atoms with Gasteiger partial charge in [-0.2, -0.15) is 8.42 Å². The van der Waals surface area contributed by atoms with Crippen LogP contribution in [0.3, 0.4) is 0 Å². The molecule has 3 atom stereocenters. The van der Waals surface area contributed by atoms with Crippen LogP contribution in [0.1, 0.15) is 26.0 Å². The predicted octanol–water partition coefficient (Wildman–Crippen LogP) is -3.32. The summed E-state index contributed by atoms with van der Waals surface area (Å²) >= 11 is 0.933.